The summed E-state index contributed by atoms with van der Waals surface area (Å²) in [7, 11) is 0. The Bertz CT molecular complexity index is 525. The molecule has 1 aliphatic heterocycles. The van der Waals surface area contributed by atoms with Crippen LogP contribution in [0.5, 0.6) is 0 Å². The summed E-state index contributed by atoms with van der Waals surface area (Å²) in [6.07, 6.45) is 1.44. The van der Waals surface area contributed by atoms with E-state index in [0.29, 0.717) is 6.42 Å². The monoisotopic (exact) mass is 288 g/mol. The summed E-state index contributed by atoms with van der Waals surface area (Å²) in [6.45, 7) is 8.03. The van der Waals surface area contributed by atoms with Crippen molar-refractivity contribution in [1.82, 2.24) is 10.2 Å². The third kappa shape index (κ3) is 2.80. The number of piperazine rings is 1. The minimum absolute atomic E-state index is 0.0144. The average molecular weight is 288 g/mol. The van der Waals surface area contributed by atoms with Gasteiger partial charge in [-0.1, -0.05) is 44.2 Å². The van der Waals surface area contributed by atoms with E-state index in [1.165, 1.54) is 0 Å². The Hall–Kier alpha value is -1.84. The van der Waals surface area contributed by atoms with Crippen molar-refractivity contribution in [2.75, 3.05) is 0 Å². The van der Waals surface area contributed by atoms with Gasteiger partial charge >= 0.3 is 0 Å². The fourth-order valence-electron chi connectivity index (χ4n) is 2.84. The molecule has 0 spiro atoms. The molecule has 0 aromatic heterocycles. The first-order valence-corrected chi connectivity index (χ1v) is 7.61. The Kier molecular flexibility index (Phi) is 4.35. The summed E-state index contributed by atoms with van der Waals surface area (Å²) in [5.74, 6) is -0.0769. The molecule has 0 aliphatic carbocycles. The topological polar surface area (TPSA) is 49.4 Å². The van der Waals surface area contributed by atoms with Gasteiger partial charge in [0.1, 0.15) is 12.1 Å². The van der Waals surface area contributed by atoms with E-state index in [0.717, 1.165) is 12.0 Å². The molecule has 1 heterocycles. The van der Waals surface area contributed by atoms with Crippen LogP contribution < -0.4 is 5.32 Å². The third-order valence-electron chi connectivity index (χ3n) is 4.42. The van der Waals surface area contributed by atoms with Crippen molar-refractivity contribution in [1.29, 1.82) is 0 Å². The fraction of sp³-hybridized carbons (Fsp3) is 0.529. The summed E-state index contributed by atoms with van der Waals surface area (Å²) in [4.78, 5) is 27.2. The number of nitrogens with one attached hydrogen (secondary N) is 1. The summed E-state index contributed by atoms with van der Waals surface area (Å²) in [5, 5.41) is 2.88. The summed E-state index contributed by atoms with van der Waals surface area (Å²) in [6, 6.07) is 8.48. The zero-order valence-electron chi connectivity index (χ0n) is 13.2. The van der Waals surface area contributed by atoms with Crippen molar-refractivity contribution < 1.29 is 9.59 Å². The van der Waals surface area contributed by atoms with Gasteiger partial charge in [0.25, 0.3) is 5.91 Å². The van der Waals surface area contributed by atoms with Crippen LogP contribution in [0.15, 0.2) is 30.3 Å². The van der Waals surface area contributed by atoms with Crippen LogP contribution in [0.25, 0.3) is 0 Å². The summed E-state index contributed by atoms with van der Waals surface area (Å²) >= 11 is 0. The molecule has 1 aromatic rings. The van der Waals surface area contributed by atoms with Crippen molar-refractivity contribution in [3.63, 3.8) is 0 Å². The maximum atomic E-state index is 13.0. The highest BCUT2D eigenvalue weighted by molar-refractivity contribution is 5.98. The maximum absolute atomic E-state index is 13.0. The van der Waals surface area contributed by atoms with E-state index in [9.17, 15) is 9.59 Å². The molecule has 0 radical (unpaired) electrons. The zero-order valence-corrected chi connectivity index (χ0v) is 13.2. The van der Waals surface area contributed by atoms with Crippen molar-refractivity contribution in [3.8, 4) is 0 Å². The third-order valence-corrected chi connectivity index (χ3v) is 4.42. The van der Waals surface area contributed by atoms with Gasteiger partial charge in [-0.05, 0) is 32.3 Å². The molecule has 4 nitrogen and oxygen atoms in total. The number of rotatable bonds is 4. The normalized spacial score (nSPS) is 23.1. The smallest absolute Gasteiger partial charge is 0.250 e. The maximum Gasteiger partial charge on any atom is 0.250 e. The van der Waals surface area contributed by atoms with Gasteiger partial charge in [0.15, 0.2) is 0 Å². The van der Waals surface area contributed by atoms with Crippen LogP contribution in [-0.2, 0) is 9.59 Å². The van der Waals surface area contributed by atoms with Gasteiger partial charge in [-0.2, -0.15) is 0 Å². The van der Waals surface area contributed by atoms with E-state index < -0.39 is 6.04 Å². The van der Waals surface area contributed by atoms with E-state index in [2.05, 4.69) is 5.32 Å². The van der Waals surface area contributed by atoms with Gasteiger partial charge in [0, 0.05) is 5.54 Å². The highest BCUT2D eigenvalue weighted by Gasteiger charge is 2.45. The Labute approximate surface area is 126 Å². The SMILES string of the molecule is CCC1C(=O)NC(c2ccccc2)C(=O)N1C(C)(C)CC. The molecule has 1 fully saturated rings. The second-order valence-electron chi connectivity index (χ2n) is 6.15. The Morgan fingerprint density at radius 2 is 1.76 bits per heavy atom. The van der Waals surface area contributed by atoms with Crippen molar-refractivity contribution in [2.45, 2.75) is 58.2 Å². The van der Waals surface area contributed by atoms with Crippen molar-refractivity contribution >= 4 is 11.8 Å². The van der Waals surface area contributed by atoms with Gasteiger partial charge in [0.05, 0.1) is 0 Å². The largest absolute Gasteiger partial charge is 0.339 e. The van der Waals surface area contributed by atoms with Crippen LogP contribution in [0, 0.1) is 0 Å². The predicted molar refractivity (Wildman–Crippen MR) is 82.6 cm³/mol. The molecule has 0 saturated carbocycles. The van der Waals surface area contributed by atoms with Crippen LogP contribution >= 0.6 is 0 Å². The predicted octanol–water partition coefficient (Wildman–Crippen LogP) is 2.65. The fourth-order valence-corrected chi connectivity index (χ4v) is 2.84. The first kappa shape index (κ1) is 15.5. The van der Waals surface area contributed by atoms with E-state index in [-0.39, 0.29) is 23.4 Å². The zero-order chi connectivity index (χ0) is 15.6. The number of amides is 2. The lowest BCUT2D eigenvalue weighted by Crippen LogP contribution is -2.65. The van der Waals surface area contributed by atoms with Crippen LogP contribution in [0.3, 0.4) is 0 Å². The standard InChI is InChI=1S/C17H24N2O2/c1-5-13-15(20)18-14(12-10-8-7-9-11-12)16(21)19(13)17(3,4)6-2/h7-11,13-14H,5-6H2,1-4H3,(H,18,20). The minimum Gasteiger partial charge on any atom is -0.339 e. The molecule has 4 heteroatoms. The first-order chi connectivity index (χ1) is 9.92. The van der Waals surface area contributed by atoms with Gasteiger partial charge in [-0.15, -0.1) is 0 Å². The Morgan fingerprint density at radius 1 is 1.14 bits per heavy atom. The molecule has 2 atom stereocenters. The first-order valence-electron chi connectivity index (χ1n) is 7.61. The molecule has 114 valence electrons. The average Bonchev–Trinajstić information content (AvgIpc) is 2.49. The van der Waals surface area contributed by atoms with Crippen LogP contribution in [-0.4, -0.2) is 28.3 Å². The molecular formula is C17H24N2O2. The molecule has 2 rings (SSSR count). The number of nitrogens with zero attached hydrogens (tertiary/aromatic N) is 1. The van der Waals surface area contributed by atoms with Crippen LogP contribution in [0.1, 0.15) is 52.1 Å². The molecule has 0 bridgehead atoms. The molecule has 1 aliphatic rings. The highest BCUT2D eigenvalue weighted by atomic mass is 16.2. The molecule has 21 heavy (non-hydrogen) atoms. The lowest BCUT2D eigenvalue weighted by Gasteiger charge is -2.47. The summed E-state index contributed by atoms with van der Waals surface area (Å²) < 4.78 is 0. The molecule has 2 unspecified atom stereocenters. The van der Waals surface area contributed by atoms with Crippen LogP contribution in [0.4, 0.5) is 0 Å². The highest BCUT2D eigenvalue weighted by Crippen LogP contribution is 2.31. The van der Waals surface area contributed by atoms with Gasteiger partial charge in [-0.25, -0.2) is 0 Å². The van der Waals surface area contributed by atoms with E-state index in [1.807, 2.05) is 58.0 Å². The van der Waals surface area contributed by atoms with E-state index >= 15 is 0 Å². The lowest BCUT2D eigenvalue weighted by molar-refractivity contribution is -0.156. The number of carbonyl (C=O) groups excluding carboxylic acids is 2. The van der Waals surface area contributed by atoms with Gasteiger partial charge in [0.2, 0.25) is 5.91 Å². The second kappa shape index (κ2) is 5.88. The molecular weight excluding hydrogens is 264 g/mol. The molecule has 1 saturated heterocycles. The Balaban J connectivity index is 2.41. The van der Waals surface area contributed by atoms with E-state index in [1.54, 1.807) is 4.90 Å². The molecule has 2 amide bonds. The number of hydrogen-bond acceptors (Lipinski definition) is 2. The Morgan fingerprint density at radius 3 is 2.29 bits per heavy atom. The second-order valence-corrected chi connectivity index (χ2v) is 6.15. The van der Waals surface area contributed by atoms with Crippen molar-refractivity contribution in [2.24, 2.45) is 0 Å². The van der Waals surface area contributed by atoms with E-state index in [4.69, 9.17) is 0 Å². The summed E-state index contributed by atoms with van der Waals surface area (Å²) in [5.41, 5.74) is 0.505. The number of carbonyl (C=O) groups is 2. The molecule has 1 N–H and O–H groups in total. The van der Waals surface area contributed by atoms with Gasteiger partial charge < -0.3 is 10.2 Å². The lowest BCUT2D eigenvalue weighted by atomic mass is 9.90. The minimum atomic E-state index is -0.577. The quantitative estimate of drug-likeness (QED) is 0.926. The van der Waals surface area contributed by atoms with Crippen LogP contribution in [0.2, 0.25) is 0 Å². The van der Waals surface area contributed by atoms with Crippen molar-refractivity contribution in [3.05, 3.63) is 35.9 Å². The number of benzene rings is 1. The number of hydrogen-bond donors (Lipinski definition) is 1. The molecule has 1 aromatic carbocycles. The van der Waals surface area contributed by atoms with Gasteiger partial charge in [-0.3, -0.25) is 9.59 Å².